The molecule has 1 fully saturated rings. The Labute approximate surface area is 136 Å². The first kappa shape index (κ1) is 16.7. The van der Waals surface area contributed by atoms with Crippen LogP contribution in [0.2, 0.25) is 0 Å². The molecule has 1 aliphatic rings. The van der Waals surface area contributed by atoms with E-state index in [1.54, 1.807) is 13.0 Å². The molecule has 0 saturated carbocycles. The van der Waals surface area contributed by atoms with Crippen LogP contribution in [0, 0.1) is 24.6 Å². The van der Waals surface area contributed by atoms with Crippen molar-refractivity contribution in [3.63, 3.8) is 0 Å². The molecule has 2 N–H and O–H groups in total. The summed E-state index contributed by atoms with van der Waals surface area (Å²) in [6.45, 7) is 4.33. The fourth-order valence-corrected chi connectivity index (χ4v) is 3.23. The molecule has 0 radical (unpaired) electrons. The monoisotopic (exact) mass is 372 g/mol. The van der Waals surface area contributed by atoms with Gasteiger partial charge in [-0.2, -0.15) is 0 Å². The second kappa shape index (κ2) is 6.64. The van der Waals surface area contributed by atoms with Crippen LogP contribution in [0.3, 0.4) is 0 Å². The Morgan fingerprint density at radius 2 is 2.09 bits per heavy atom. The molecule has 2 unspecified atom stereocenters. The minimum atomic E-state index is -0.896. The Morgan fingerprint density at radius 3 is 2.73 bits per heavy atom. The third kappa shape index (κ3) is 3.58. The summed E-state index contributed by atoms with van der Waals surface area (Å²) in [7, 11) is 0. The van der Waals surface area contributed by atoms with Gasteiger partial charge in [0.15, 0.2) is 0 Å². The Hall–Kier alpha value is -1.63. The number of amides is 2. The fourth-order valence-electron chi connectivity index (χ4n) is 2.68. The minimum Gasteiger partial charge on any atom is -0.481 e. The van der Waals surface area contributed by atoms with Crippen molar-refractivity contribution in [2.75, 3.05) is 18.4 Å². The van der Waals surface area contributed by atoms with E-state index in [9.17, 15) is 14.0 Å². The summed E-state index contributed by atoms with van der Waals surface area (Å²) in [5.41, 5.74) is 1.09. The highest BCUT2D eigenvalue weighted by Gasteiger charge is 2.32. The number of hydrogen-bond donors (Lipinski definition) is 2. The van der Waals surface area contributed by atoms with Crippen molar-refractivity contribution in [3.8, 4) is 0 Å². The molecule has 22 heavy (non-hydrogen) atoms. The van der Waals surface area contributed by atoms with E-state index in [4.69, 9.17) is 5.11 Å². The molecular weight excluding hydrogens is 355 g/mol. The summed E-state index contributed by atoms with van der Waals surface area (Å²) in [5, 5.41) is 11.8. The van der Waals surface area contributed by atoms with Crippen LogP contribution < -0.4 is 5.32 Å². The number of carbonyl (C=O) groups is 2. The van der Waals surface area contributed by atoms with Crippen LogP contribution in [0.25, 0.3) is 0 Å². The number of benzene rings is 1. The number of anilines is 1. The molecule has 5 nitrogen and oxygen atoms in total. The first-order chi connectivity index (χ1) is 10.3. The van der Waals surface area contributed by atoms with Crippen LogP contribution in [0.5, 0.6) is 0 Å². The maximum atomic E-state index is 13.6. The second-order valence-corrected chi connectivity index (χ2v) is 6.56. The number of halogens is 2. The van der Waals surface area contributed by atoms with Gasteiger partial charge in [-0.1, -0.05) is 13.0 Å². The molecule has 2 amide bonds. The molecule has 0 spiro atoms. The topological polar surface area (TPSA) is 69.6 Å². The van der Waals surface area contributed by atoms with E-state index in [1.165, 1.54) is 11.0 Å². The number of nitrogens with one attached hydrogen (secondary N) is 1. The molecule has 7 heteroatoms. The van der Waals surface area contributed by atoms with Crippen LogP contribution in [-0.4, -0.2) is 35.1 Å². The number of hydrogen-bond acceptors (Lipinski definition) is 2. The maximum absolute atomic E-state index is 13.6. The summed E-state index contributed by atoms with van der Waals surface area (Å²) in [5.74, 6) is -1.81. The van der Waals surface area contributed by atoms with Crippen molar-refractivity contribution in [2.24, 2.45) is 11.8 Å². The minimum absolute atomic E-state index is 0.109. The molecule has 120 valence electrons. The van der Waals surface area contributed by atoms with Crippen LogP contribution in [0.1, 0.15) is 18.9 Å². The van der Waals surface area contributed by atoms with Gasteiger partial charge < -0.3 is 15.3 Å². The quantitative estimate of drug-likeness (QED) is 0.834. The average molecular weight is 373 g/mol. The zero-order valence-corrected chi connectivity index (χ0v) is 14.0. The number of carbonyl (C=O) groups excluding carboxylic acids is 1. The maximum Gasteiger partial charge on any atom is 0.321 e. The van der Waals surface area contributed by atoms with Gasteiger partial charge in [0.1, 0.15) is 5.82 Å². The molecule has 1 aromatic rings. The van der Waals surface area contributed by atoms with E-state index in [0.717, 1.165) is 5.56 Å². The first-order valence-corrected chi connectivity index (χ1v) is 7.82. The lowest BCUT2D eigenvalue weighted by Gasteiger charge is -2.34. The summed E-state index contributed by atoms with van der Waals surface area (Å²) in [6.07, 6.45) is 0.557. The number of aliphatic carboxylic acids is 1. The number of nitrogens with zero attached hydrogens (tertiary/aromatic N) is 1. The predicted molar refractivity (Wildman–Crippen MR) is 84.3 cm³/mol. The molecule has 0 aromatic heterocycles. The fraction of sp³-hybridized carbons (Fsp3) is 0.467. The second-order valence-electron chi connectivity index (χ2n) is 5.76. The van der Waals surface area contributed by atoms with Gasteiger partial charge in [0, 0.05) is 13.1 Å². The highest BCUT2D eigenvalue weighted by molar-refractivity contribution is 9.10. The van der Waals surface area contributed by atoms with E-state index in [-0.39, 0.29) is 16.9 Å². The zero-order chi connectivity index (χ0) is 16.4. The Balaban J connectivity index is 2.15. The van der Waals surface area contributed by atoms with Gasteiger partial charge in [-0.05, 0) is 46.8 Å². The average Bonchev–Trinajstić information content (AvgIpc) is 2.46. The third-order valence-electron chi connectivity index (χ3n) is 3.83. The Bertz CT molecular complexity index is 609. The molecule has 0 aliphatic carbocycles. The van der Waals surface area contributed by atoms with Gasteiger partial charge in [-0.25, -0.2) is 9.18 Å². The van der Waals surface area contributed by atoms with Crippen molar-refractivity contribution in [1.82, 2.24) is 4.90 Å². The van der Waals surface area contributed by atoms with Gasteiger partial charge in [0.25, 0.3) is 0 Å². The molecule has 1 aliphatic heterocycles. The number of likely N-dealkylation sites (tertiary alicyclic amines) is 1. The van der Waals surface area contributed by atoms with Crippen LogP contribution in [-0.2, 0) is 4.79 Å². The number of aryl methyl sites for hydroxylation is 1. The Morgan fingerprint density at radius 1 is 1.41 bits per heavy atom. The van der Waals surface area contributed by atoms with Crippen LogP contribution >= 0.6 is 15.9 Å². The van der Waals surface area contributed by atoms with Gasteiger partial charge in [0.05, 0.1) is 16.1 Å². The number of rotatable bonds is 2. The summed E-state index contributed by atoms with van der Waals surface area (Å²) in [6, 6.07) is 2.49. The van der Waals surface area contributed by atoms with Crippen molar-refractivity contribution in [1.29, 1.82) is 0 Å². The van der Waals surface area contributed by atoms with Crippen molar-refractivity contribution >= 4 is 33.6 Å². The largest absolute Gasteiger partial charge is 0.481 e. The van der Waals surface area contributed by atoms with E-state index in [1.807, 2.05) is 6.92 Å². The highest BCUT2D eigenvalue weighted by atomic mass is 79.9. The normalized spacial score (nSPS) is 21.5. The summed E-state index contributed by atoms with van der Waals surface area (Å²) >= 11 is 3.13. The van der Waals surface area contributed by atoms with Crippen molar-refractivity contribution in [3.05, 3.63) is 28.0 Å². The standard InChI is InChI=1S/C15H18BrFN2O3/c1-8-5-10(14(20)21)7-19(6-8)15(22)18-13-9(2)3-4-11(17)12(13)16/h3-4,8,10H,5-7H2,1-2H3,(H,18,22)(H,20,21). The number of carboxylic acid groups (broad SMARTS) is 1. The third-order valence-corrected chi connectivity index (χ3v) is 4.61. The predicted octanol–water partition coefficient (Wildman–Crippen LogP) is 3.47. The van der Waals surface area contributed by atoms with Gasteiger partial charge >= 0.3 is 12.0 Å². The van der Waals surface area contributed by atoms with E-state index >= 15 is 0 Å². The van der Waals surface area contributed by atoms with Gasteiger partial charge in [-0.15, -0.1) is 0 Å². The van der Waals surface area contributed by atoms with Gasteiger partial charge in [-0.3, -0.25) is 4.79 Å². The lowest BCUT2D eigenvalue weighted by molar-refractivity contribution is -0.143. The molecule has 2 atom stereocenters. The summed E-state index contributed by atoms with van der Waals surface area (Å²) in [4.78, 5) is 25.0. The number of urea groups is 1. The summed E-state index contributed by atoms with van der Waals surface area (Å²) < 4.78 is 13.8. The van der Waals surface area contributed by atoms with E-state index < -0.39 is 23.7 Å². The van der Waals surface area contributed by atoms with E-state index in [2.05, 4.69) is 21.2 Å². The molecular formula is C15H18BrFN2O3. The van der Waals surface area contributed by atoms with Crippen LogP contribution in [0.15, 0.2) is 16.6 Å². The molecule has 2 rings (SSSR count). The van der Waals surface area contributed by atoms with E-state index in [0.29, 0.717) is 18.7 Å². The zero-order valence-electron chi connectivity index (χ0n) is 12.4. The number of piperidine rings is 1. The van der Waals surface area contributed by atoms with Gasteiger partial charge in [0.2, 0.25) is 0 Å². The number of carboxylic acids is 1. The molecule has 1 saturated heterocycles. The highest BCUT2D eigenvalue weighted by Crippen LogP contribution is 2.30. The molecule has 1 heterocycles. The molecule has 1 aromatic carbocycles. The lowest BCUT2D eigenvalue weighted by atomic mass is 9.91. The Kier molecular flexibility index (Phi) is 5.05. The van der Waals surface area contributed by atoms with Crippen molar-refractivity contribution in [2.45, 2.75) is 20.3 Å². The van der Waals surface area contributed by atoms with Crippen LogP contribution in [0.4, 0.5) is 14.9 Å². The smallest absolute Gasteiger partial charge is 0.321 e. The first-order valence-electron chi connectivity index (χ1n) is 7.03. The molecule has 0 bridgehead atoms. The lowest BCUT2D eigenvalue weighted by Crippen LogP contribution is -2.47. The van der Waals surface area contributed by atoms with Crippen molar-refractivity contribution < 1.29 is 19.1 Å². The SMILES string of the molecule is Cc1ccc(F)c(Br)c1NC(=O)N1CC(C)CC(C(=O)O)C1.